The molecule has 16 heavy (non-hydrogen) atoms. The van der Waals surface area contributed by atoms with Gasteiger partial charge in [0.25, 0.3) is 0 Å². The summed E-state index contributed by atoms with van der Waals surface area (Å²) in [7, 11) is 0. The average Bonchev–Trinajstić information content (AvgIpc) is 2.73. The van der Waals surface area contributed by atoms with Gasteiger partial charge in [0.2, 0.25) is 5.91 Å². The maximum Gasteiger partial charge on any atom is 0.307 e. The molecular formula is C12H17NO3. The normalized spacial score (nSPS) is 23.8. The summed E-state index contributed by atoms with van der Waals surface area (Å²) >= 11 is 0. The molecular weight excluding hydrogens is 206 g/mol. The van der Waals surface area contributed by atoms with Crippen molar-refractivity contribution in [2.24, 2.45) is 11.8 Å². The summed E-state index contributed by atoms with van der Waals surface area (Å²) in [5.41, 5.74) is 0. The quantitative estimate of drug-likeness (QED) is 0.722. The topological polar surface area (TPSA) is 57.6 Å². The van der Waals surface area contributed by atoms with E-state index in [1.807, 2.05) is 6.92 Å². The van der Waals surface area contributed by atoms with Crippen LogP contribution in [0.4, 0.5) is 0 Å². The highest BCUT2D eigenvalue weighted by Crippen LogP contribution is 2.33. The number of carbonyl (C=O) groups is 2. The zero-order valence-electron chi connectivity index (χ0n) is 9.48. The minimum atomic E-state index is -0.868. The molecule has 88 valence electrons. The standard InChI is InChI=1S/C12H17NO3/c1-3-8-13(4-2)11(14)9-6-5-7-10(9)12(15)16/h1,9-10H,4-8H2,2H3,(H,15,16). The van der Waals surface area contributed by atoms with Gasteiger partial charge in [-0.1, -0.05) is 12.3 Å². The zero-order chi connectivity index (χ0) is 12.1. The molecule has 4 nitrogen and oxygen atoms in total. The van der Waals surface area contributed by atoms with Crippen molar-refractivity contribution in [3.8, 4) is 12.3 Å². The lowest BCUT2D eigenvalue weighted by molar-refractivity contribution is -0.148. The number of hydrogen-bond acceptors (Lipinski definition) is 2. The number of aliphatic carboxylic acids is 1. The van der Waals surface area contributed by atoms with Crippen LogP contribution in [0.5, 0.6) is 0 Å². The molecule has 0 spiro atoms. The number of amides is 1. The molecule has 4 heteroatoms. The smallest absolute Gasteiger partial charge is 0.307 e. The number of carboxylic acid groups (broad SMARTS) is 1. The summed E-state index contributed by atoms with van der Waals surface area (Å²) in [5.74, 6) is 0.539. The predicted octanol–water partition coefficient (Wildman–Crippen LogP) is 0.969. The molecule has 2 unspecified atom stereocenters. The SMILES string of the molecule is C#CCN(CC)C(=O)C1CCCC1C(=O)O. The number of carboxylic acids is 1. The second-order valence-corrected chi connectivity index (χ2v) is 4.04. The van der Waals surface area contributed by atoms with E-state index < -0.39 is 11.9 Å². The van der Waals surface area contributed by atoms with Crippen molar-refractivity contribution < 1.29 is 14.7 Å². The first kappa shape index (κ1) is 12.6. The van der Waals surface area contributed by atoms with Crippen LogP contribution in [0.3, 0.4) is 0 Å². The van der Waals surface area contributed by atoms with Gasteiger partial charge in [0.1, 0.15) is 0 Å². The molecule has 1 fully saturated rings. The Balaban J connectivity index is 2.72. The van der Waals surface area contributed by atoms with E-state index in [1.54, 1.807) is 4.90 Å². The van der Waals surface area contributed by atoms with E-state index in [-0.39, 0.29) is 18.4 Å². The third-order valence-corrected chi connectivity index (χ3v) is 3.13. The first-order chi connectivity index (χ1) is 7.61. The maximum atomic E-state index is 12.0. The van der Waals surface area contributed by atoms with Gasteiger partial charge in [-0.3, -0.25) is 9.59 Å². The minimum absolute atomic E-state index is 0.106. The van der Waals surface area contributed by atoms with E-state index in [0.29, 0.717) is 19.4 Å². The fourth-order valence-electron chi connectivity index (χ4n) is 2.24. The molecule has 0 aliphatic heterocycles. The van der Waals surface area contributed by atoms with E-state index in [0.717, 1.165) is 6.42 Å². The Labute approximate surface area is 95.6 Å². The molecule has 1 saturated carbocycles. The molecule has 1 N–H and O–H groups in total. The van der Waals surface area contributed by atoms with Crippen LogP contribution in [0.1, 0.15) is 26.2 Å². The molecule has 0 heterocycles. The highest BCUT2D eigenvalue weighted by Gasteiger charge is 2.39. The number of carbonyl (C=O) groups excluding carboxylic acids is 1. The number of hydrogen-bond donors (Lipinski definition) is 1. The Kier molecular flexibility index (Phi) is 4.36. The molecule has 1 amide bonds. The van der Waals surface area contributed by atoms with E-state index in [2.05, 4.69) is 5.92 Å². The highest BCUT2D eigenvalue weighted by atomic mass is 16.4. The molecule has 1 aliphatic carbocycles. The van der Waals surface area contributed by atoms with Gasteiger partial charge in [-0.15, -0.1) is 6.42 Å². The monoisotopic (exact) mass is 223 g/mol. The van der Waals surface area contributed by atoms with Crippen LogP contribution in [0.25, 0.3) is 0 Å². The highest BCUT2D eigenvalue weighted by molar-refractivity contribution is 5.85. The summed E-state index contributed by atoms with van der Waals surface area (Å²) in [5, 5.41) is 9.01. The summed E-state index contributed by atoms with van der Waals surface area (Å²) < 4.78 is 0. The predicted molar refractivity (Wildman–Crippen MR) is 59.6 cm³/mol. The average molecular weight is 223 g/mol. The Morgan fingerprint density at radius 1 is 1.44 bits per heavy atom. The second kappa shape index (κ2) is 5.55. The second-order valence-electron chi connectivity index (χ2n) is 4.04. The molecule has 0 aromatic heterocycles. The lowest BCUT2D eigenvalue weighted by Gasteiger charge is -2.24. The maximum absolute atomic E-state index is 12.0. The van der Waals surface area contributed by atoms with Crippen molar-refractivity contribution in [3.63, 3.8) is 0 Å². The summed E-state index contributed by atoms with van der Waals surface area (Å²) in [6.07, 6.45) is 7.24. The lowest BCUT2D eigenvalue weighted by atomic mass is 9.95. The van der Waals surface area contributed by atoms with E-state index >= 15 is 0 Å². The zero-order valence-corrected chi connectivity index (χ0v) is 9.48. The molecule has 0 bridgehead atoms. The fourth-order valence-corrected chi connectivity index (χ4v) is 2.24. The molecule has 0 saturated heterocycles. The Bertz CT molecular complexity index is 319. The number of nitrogens with zero attached hydrogens (tertiary/aromatic N) is 1. The van der Waals surface area contributed by atoms with Crippen molar-refractivity contribution in [2.45, 2.75) is 26.2 Å². The van der Waals surface area contributed by atoms with Crippen molar-refractivity contribution in [3.05, 3.63) is 0 Å². The Hall–Kier alpha value is -1.50. The van der Waals surface area contributed by atoms with Crippen LogP contribution in [0.2, 0.25) is 0 Å². The van der Waals surface area contributed by atoms with Gasteiger partial charge in [0, 0.05) is 6.54 Å². The van der Waals surface area contributed by atoms with Crippen LogP contribution in [-0.4, -0.2) is 35.0 Å². The van der Waals surface area contributed by atoms with Gasteiger partial charge in [0.05, 0.1) is 18.4 Å². The molecule has 0 aromatic rings. The first-order valence-corrected chi connectivity index (χ1v) is 5.56. The largest absolute Gasteiger partial charge is 0.481 e. The third kappa shape index (κ3) is 2.54. The van der Waals surface area contributed by atoms with Gasteiger partial charge in [-0.2, -0.15) is 0 Å². The van der Waals surface area contributed by atoms with E-state index in [1.165, 1.54) is 0 Å². The fraction of sp³-hybridized carbons (Fsp3) is 0.667. The summed E-state index contributed by atoms with van der Waals surface area (Å²) in [6.45, 7) is 2.64. The molecule has 0 radical (unpaired) electrons. The summed E-state index contributed by atoms with van der Waals surface area (Å²) in [6, 6.07) is 0. The van der Waals surface area contributed by atoms with Crippen molar-refractivity contribution >= 4 is 11.9 Å². The number of terminal acetylenes is 1. The molecule has 0 aromatic carbocycles. The van der Waals surface area contributed by atoms with Crippen LogP contribution < -0.4 is 0 Å². The summed E-state index contributed by atoms with van der Waals surface area (Å²) in [4.78, 5) is 24.6. The van der Waals surface area contributed by atoms with E-state index in [4.69, 9.17) is 11.5 Å². The molecule has 1 aliphatic rings. The van der Waals surface area contributed by atoms with Crippen molar-refractivity contribution in [1.29, 1.82) is 0 Å². The van der Waals surface area contributed by atoms with Crippen LogP contribution in [0.15, 0.2) is 0 Å². The Morgan fingerprint density at radius 2 is 2.06 bits per heavy atom. The van der Waals surface area contributed by atoms with Gasteiger partial charge >= 0.3 is 5.97 Å². The van der Waals surface area contributed by atoms with Crippen molar-refractivity contribution in [2.75, 3.05) is 13.1 Å². The van der Waals surface area contributed by atoms with Crippen LogP contribution in [-0.2, 0) is 9.59 Å². The third-order valence-electron chi connectivity index (χ3n) is 3.13. The van der Waals surface area contributed by atoms with Gasteiger partial charge in [-0.05, 0) is 19.8 Å². The van der Waals surface area contributed by atoms with Crippen LogP contribution >= 0.6 is 0 Å². The van der Waals surface area contributed by atoms with E-state index in [9.17, 15) is 9.59 Å². The Morgan fingerprint density at radius 3 is 2.56 bits per heavy atom. The van der Waals surface area contributed by atoms with Crippen molar-refractivity contribution in [1.82, 2.24) is 4.90 Å². The van der Waals surface area contributed by atoms with Gasteiger partial charge in [0.15, 0.2) is 0 Å². The number of rotatable bonds is 4. The molecule has 2 atom stereocenters. The van der Waals surface area contributed by atoms with Gasteiger partial charge in [-0.25, -0.2) is 0 Å². The molecule has 1 rings (SSSR count). The van der Waals surface area contributed by atoms with Gasteiger partial charge < -0.3 is 10.0 Å². The first-order valence-electron chi connectivity index (χ1n) is 5.56. The minimum Gasteiger partial charge on any atom is -0.481 e. The van der Waals surface area contributed by atoms with Crippen LogP contribution in [0, 0.1) is 24.2 Å². The lowest BCUT2D eigenvalue weighted by Crippen LogP contribution is -2.39.